The van der Waals surface area contributed by atoms with E-state index in [2.05, 4.69) is 10.4 Å². The quantitative estimate of drug-likeness (QED) is 0.662. The highest BCUT2D eigenvalue weighted by Gasteiger charge is 2.27. The third-order valence-electron chi connectivity index (χ3n) is 4.03. The molecule has 0 atom stereocenters. The Morgan fingerprint density at radius 2 is 2.15 bits per heavy atom. The van der Waals surface area contributed by atoms with Crippen LogP contribution in [0, 0.1) is 0 Å². The predicted octanol–water partition coefficient (Wildman–Crippen LogP) is 2.14. The number of nitrogen functional groups attached to an aromatic ring is 1. The van der Waals surface area contributed by atoms with Crippen molar-refractivity contribution in [1.29, 1.82) is 0 Å². The first kappa shape index (κ1) is 12.9. The lowest BCUT2D eigenvalue weighted by Crippen LogP contribution is -2.41. The van der Waals surface area contributed by atoms with Crippen molar-refractivity contribution in [3.8, 4) is 0 Å². The second-order valence-electron chi connectivity index (χ2n) is 5.22. The van der Waals surface area contributed by atoms with Crippen LogP contribution in [0.15, 0.2) is 30.3 Å². The fraction of sp³-hybridized carbons (Fsp3) is 0.333. The molecule has 0 saturated heterocycles. The van der Waals surface area contributed by atoms with Gasteiger partial charge in [0.25, 0.3) is 5.91 Å². The lowest BCUT2D eigenvalue weighted by atomic mass is 9.91. The Labute approximate surface area is 117 Å². The summed E-state index contributed by atoms with van der Waals surface area (Å²) in [4.78, 5) is 18.7. The van der Waals surface area contributed by atoms with Crippen LogP contribution in [0.2, 0.25) is 0 Å². The Kier molecular flexibility index (Phi) is 3.28. The Hall–Kier alpha value is -2.14. The molecule has 20 heavy (non-hydrogen) atoms. The highest BCUT2D eigenvalue weighted by Crippen LogP contribution is 2.26. The molecular formula is C15H18N4O. The van der Waals surface area contributed by atoms with E-state index in [1.165, 1.54) is 6.42 Å². The summed E-state index contributed by atoms with van der Waals surface area (Å²) in [5.41, 5.74) is 4.58. The van der Waals surface area contributed by atoms with Crippen LogP contribution < -0.4 is 11.3 Å². The monoisotopic (exact) mass is 270 g/mol. The molecule has 1 amide bonds. The Morgan fingerprint density at radius 1 is 1.40 bits per heavy atom. The number of hydrazine groups is 1. The van der Waals surface area contributed by atoms with E-state index in [0.717, 1.165) is 29.4 Å². The van der Waals surface area contributed by atoms with Gasteiger partial charge < -0.3 is 10.3 Å². The summed E-state index contributed by atoms with van der Waals surface area (Å²) in [6.45, 7) is 0. The van der Waals surface area contributed by atoms with Crippen molar-refractivity contribution in [1.82, 2.24) is 9.88 Å². The molecule has 0 bridgehead atoms. The number of hydrogen-bond acceptors (Lipinski definition) is 4. The Bertz CT molecular complexity index is 651. The van der Waals surface area contributed by atoms with Gasteiger partial charge in [-0.1, -0.05) is 18.2 Å². The van der Waals surface area contributed by atoms with Crippen molar-refractivity contribution >= 4 is 22.5 Å². The van der Waals surface area contributed by atoms with Gasteiger partial charge in [0.1, 0.15) is 5.69 Å². The van der Waals surface area contributed by atoms with Gasteiger partial charge >= 0.3 is 0 Å². The number of carbonyl (C=O) groups excluding carboxylic acids is 1. The normalized spacial score (nSPS) is 14.9. The number of aromatic nitrogens is 1. The van der Waals surface area contributed by atoms with E-state index in [-0.39, 0.29) is 5.91 Å². The van der Waals surface area contributed by atoms with Gasteiger partial charge in [0.2, 0.25) is 0 Å². The van der Waals surface area contributed by atoms with Gasteiger partial charge in [0, 0.05) is 18.5 Å². The number of nitrogens with two attached hydrogens (primary N) is 1. The third kappa shape index (κ3) is 2.10. The largest absolute Gasteiger partial charge is 0.337 e. The van der Waals surface area contributed by atoms with Gasteiger partial charge in [0.15, 0.2) is 0 Å². The minimum atomic E-state index is -0.0445. The summed E-state index contributed by atoms with van der Waals surface area (Å²) in [5, 5.41) is 0.915. The first-order valence-corrected chi connectivity index (χ1v) is 6.84. The van der Waals surface area contributed by atoms with E-state index >= 15 is 0 Å². The van der Waals surface area contributed by atoms with Gasteiger partial charge in [-0.05, 0) is 31.4 Å². The van der Waals surface area contributed by atoms with Crippen molar-refractivity contribution in [2.45, 2.75) is 25.3 Å². The smallest absolute Gasteiger partial charge is 0.272 e. The van der Waals surface area contributed by atoms with Gasteiger partial charge in [-0.2, -0.15) is 0 Å². The molecule has 3 N–H and O–H groups in total. The van der Waals surface area contributed by atoms with E-state index < -0.39 is 0 Å². The van der Waals surface area contributed by atoms with E-state index in [0.29, 0.717) is 11.7 Å². The van der Waals surface area contributed by atoms with E-state index in [1.54, 1.807) is 11.0 Å². The molecule has 1 aliphatic rings. The number of hydrogen-bond donors (Lipinski definition) is 2. The molecule has 1 heterocycles. The number of benzene rings is 1. The molecule has 2 aromatic rings. The standard InChI is InChI=1S/C15H18N4O/c1-19(10-5-4-6-10)15(20)14-9-13(18-16)11-7-2-3-8-12(11)17-14/h2-3,7-10H,4-6,16H2,1H3,(H,17,18). The van der Waals surface area contributed by atoms with E-state index in [1.807, 2.05) is 31.3 Å². The summed E-state index contributed by atoms with van der Waals surface area (Å²) in [7, 11) is 1.85. The maximum atomic E-state index is 12.5. The zero-order chi connectivity index (χ0) is 14.1. The van der Waals surface area contributed by atoms with E-state index in [4.69, 9.17) is 5.84 Å². The van der Waals surface area contributed by atoms with Crippen LogP contribution in [0.1, 0.15) is 29.8 Å². The minimum absolute atomic E-state index is 0.0445. The average molecular weight is 270 g/mol. The van der Waals surface area contributed by atoms with Crippen LogP contribution in [-0.2, 0) is 0 Å². The van der Waals surface area contributed by atoms with Crippen molar-refractivity contribution in [3.63, 3.8) is 0 Å². The fourth-order valence-corrected chi connectivity index (χ4v) is 2.52. The highest BCUT2D eigenvalue weighted by atomic mass is 16.2. The SMILES string of the molecule is CN(C(=O)c1cc(NN)c2ccccc2n1)C1CCC1. The molecular weight excluding hydrogens is 252 g/mol. The number of anilines is 1. The van der Waals surface area contributed by atoms with Crippen LogP contribution >= 0.6 is 0 Å². The van der Waals surface area contributed by atoms with Crippen LogP contribution in [-0.4, -0.2) is 28.9 Å². The lowest BCUT2D eigenvalue weighted by molar-refractivity contribution is 0.0646. The Morgan fingerprint density at radius 3 is 2.80 bits per heavy atom. The van der Waals surface area contributed by atoms with Crippen LogP contribution in [0.5, 0.6) is 0 Å². The lowest BCUT2D eigenvalue weighted by Gasteiger charge is -2.34. The molecule has 0 aliphatic heterocycles. The molecule has 3 rings (SSSR count). The number of para-hydroxylation sites is 1. The molecule has 5 nitrogen and oxygen atoms in total. The van der Waals surface area contributed by atoms with Crippen LogP contribution in [0.3, 0.4) is 0 Å². The van der Waals surface area contributed by atoms with Crippen molar-refractivity contribution in [3.05, 3.63) is 36.0 Å². The summed E-state index contributed by atoms with van der Waals surface area (Å²) >= 11 is 0. The zero-order valence-electron chi connectivity index (χ0n) is 11.5. The third-order valence-corrected chi connectivity index (χ3v) is 4.03. The molecule has 5 heteroatoms. The summed E-state index contributed by atoms with van der Waals surface area (Å²) in [6, 6.07) is 9.72. The second-order valence-corrected chi connectivity index (χ2v) is 5.22. The molecule has 104 valence electrons. The van der Waals surface area contributed by atoms with Crippen molar-refractivity contribution in [2.24, 2.45) is 5.84 Å². The zero-order valence-corrected chi connectivity index (χ0v) is 11.5. The molecule has 0 spiro atoms. The number of carbonyl (C=O) groups is 1. The molecule has 1 aliphatic carbocycles. The Balaban J connectivity index is 2.00. The van der Waals surface area contributed by atoms with Crippen molar-refractivity contribution < 1.29 is 4.79 Å². The fourth-order valence-electron chi connectivity index (χ4n) is 2.52. The molecule has 1 aromatic heterocycles. The maximum absolute atomic E-state index is 12.5. The number of nitrogens with zero attached hydrogens (tertiary/aromatic N) is 2. The average Bonchev–Trinajstić information content (AvgIpc) is 2.43. The topological polar surface area (TPSA) is 71.2 Å². The molecule has 1 aromatic carbocycles. The van der Waals surface area contributed by atoms with Crippen LogP contribution in [0.4, 0.5) is 5.69 Å². The molecule has 1 fully saturated rings. The second kappa shape index (κ2) is 5.09. The summed E-state index contributed by atoms with van der Waals surface area (Å²) in [5.74, 6) is 5.51. The maximum Gasteiger partial charge on any atom is 0.272 e. The number of nitrogens with one attached hydrogen (secondary N) is 1. The van der Waals surface area contributed by atoms with Crippen LogP contribution in [0.25, 0.3) is 10.9 Å². The minimum Gasteiger partial charge on any atom is -0.337 e. The van der Waals surface area contributed by atoms with Gasteiger partial charge in [-0.25, -0.2) is 4.98 Å². The number of pyridine rings is 1. The van der Waals surface area contributed by atoms with Gasteiger partial charge in [-0.3, -0.25) is 10.6 Å². The van der Waals surface area contributed by atoms with Gasteiger partial charge in [0.05, 0.1) is 11.2 Å². The van der Waals surface area contributed by atoms with Crippen molar-refractivity contribution in [2.75, 3.05) is 12.5 Å². The number of fused-ring (bicyclic) bond motifs is 1. The number of amides is 1. The predicted molar refractivity (Wildman–Crippen MR) is 79.3 cm³/mol. The summed E-state index contributed by atoms with van der Waals surface area (Å²) in [6.07, 6.45) is 3.36. The molecule has 1 saturated carbocycles. The number of rotatable bonds is 3. The molecule has 0 radical (unpaired) electrons. The highest BCUT2D eigenvalue weighted by molar-refractivity contribution is 5.99. The molecule has 0 unspecified atom stereocenters. The first-order valence-electron chi connectivity index (χ1n) is 6.84. The first-order chi connectivity index (χ1) is 9.70. The van der Waals surface area contributed by atoms with E-state index in [9.17, 15) is 4.79 Å². The summed E-state index contributed by atoms with van der Waals surface area (Å²) < 4.78 is 0. The van der Waals surface area contributed by atoms with Gasteiger partial charge in [-0.15, -0.1) is 0 Å².